The third kappa shape index (κ3) is 5.82. The molecule has 0 spiro atoms. The lowest BCUT2D eigenvalue weighted by atomic mass is 10.1. The van der Waals surface area contributed by atoms with Gasteiger partial charge in [-0.15, -0.1) is 24.0 Å². The fourth-order valence-corrected chi connectivity index (χ4v) is 3.68. The molecule has 1 aromatic heterocycles. The van der Waals surface area contributed by atoms with Gasteiger partial charge in [0.05, 0.1) is 19.4 Å². The molecule has 3 rings (SSSR count). The van der Waals surface area contributed by atoms with Crippen LogP contribution < -0.4 is 5.32 Å². The number of rotatable bonds is 6. The minimum Gasteiger partial charge on any atom is -0.379 e. The zero-order valence-electron chi connectivity index (χ0n) is 16.0. The highest BCUT2D eigenvalue weighted by atomic mass is 127. The molecule has 0 saturated carbocycles. The Balaban J connectivity index is 0.00000243. The van der Waals surface area contributed by atoms with Crippen molar-refractivity contribution in [2.24, 2.45) is 4.99 Å². The molecule has 0 radical (unpaired) electrons. The van der Waals surface area contributed by atoms with Crippen LogP contribution in [0.5, 0.6) is 0 Å². The van der Waals surface area contributed by atoms with Crippen molar-refractivity contribution in [2.75, 3.05) is 52.5 Å². The number of nitrogens with one attached hydrogen (secondary N) is 2. The Hall–Kier alpha value is -0.870. The Morgan fingerprint density at radius 3 is 2.88 bits per heavy atom. The number of hydrogen-bond acceptors (Lipinski definition) is 4. The van der Waals surface area contributed by atoms with E-state index in [-0.39, 0.29) is 24.0 Å². The maximum Gasteiger partial charge on any atom is 0.193 e. The van der Waals surface area contributed by atoms with Crippen LogP contribution in [0, 0.1) is 6.92 Å². The Morgan fingerprint density at radius 2 is 2.19 bits per heavy atom. The van der Waals surface area contributed by atoms with Crippen LogP contribution in [0.25, 0.3) is 0 Å². The summed E-state index contributed by atoms with van der Waals surface area (Å²) >= 11 is 0. The molecule has 3 heterocycles. The first-order valence-corrected chi connectivity index (χ1v) is 9.62. The van der Waals surface area contributed by atoms with Gasteiger partial charge < -0.3 is 15.0 Å². The first-order chi connectivity index (χ1) is 12.3. The molecule has 7 nitrogen and oxygen atoms in total. The molecule has 0 bridgehead atoms. The number of nitrogens with zero attached hydrogens (tertiary/aromatic N) is 4. The van der Waals surface area contributed by atoms with E-state index in [0.29, 0.717) is 6.04 Å². The van der Waals surface area contributed by atoms with Crippen LogP contribution >= 0.6 is 24.0 Å². The molecular weight excluding hydrogens is 443 g/mol. The smallest absolute Gasteiger partial charge is 0.193 e. The van der Waals surface area contributed by atoms with Crippen LogP contribution in [0.4, 0.5) is 0 Å². The van der Waals surface area contributed by atoms with Crippen molar-refractivity contribution in [3.8, 4) is 0 Å². The minimum absolute atomic E-state index is 0. The zero-order chi connectivity index (χ0) is 17.5. The van der Waals surface area contributed by atoms with Crippen LogP contribution in [-0.4, -0.2) is 84.5 Å². The fraction of sp³-hybridized carbons (Fsp3) is 0.778. The largest absolute Gasteiger partial charge is 0.379 e. The average molecular weight is 476 g/mol. The summed E-state index contributed by atoms with van der Waals surface area (Å²) in [4.78, 5) is 9.86. The number of aliphatic imine (C=N–C) groups is 1. The van der Waals surface area contributed by atoms with Crippen molar-refractivity contribution in [2.45, 2.75) is 39.2 Å². The Labute approximate surface area is 174 Å². The molecule has 0 aromatic carbocycles. The summed E-state index contributed by atoms with van der Waals surface area (Å²) in [6.07, 6.45) is 5.23. The fourth-order valence-electron chi connectivity index (χ4n) is 3.68. The van der Waals surface area contributed by atoms with Gasteiger partial charge >= 0.3 is 0 Å². The highest BCUT2D eigenvalue weighted by molar-refractivity contribution is 14.0. The Bertz CT molecular complexity index is 558. The lowest BCUT2D eigenvalue weighted by Gasteiger charge is -2.32. The highest BCUT2D eigenvalue weighted by Crippen LogP contribution is 2.17. The number of hydrogen-bond donors (Lipinski definition) is 2. The maximum absolute atomic E-state index is 5.48. The molecule has 2 aliphatic heterocycles. The van der Waals surface area contributed by atoms with E-state index in [9.17, 15) is 0 Å². The average Bonchev–Trinajstić information content (AvgIpc) is 3.28. The van der Waals surface area contributed by atoms with E-state index in [2.05, 4.69) is 39.2 Å². The predicted molar refractivity (Wildman–Crippen MR) is 115 cm³/mol. The van der Waals surface area contributed by atoms with E-state index in [4.69, 9.17) is 9.73 Å². The monoisotopic (exact) mass is 476 g/mol. The summed E-state index contributed by atoms with van der Waals surface area (Å²) in [5, 5.41) is 10.6. The number of H-pyrrole nitrogens is 1. The van der Waals surface area contributed by atoms with Gasteiger partial charge in [-0.25, -0.2) is 0 Å². The standard InChI is InChI=1S/C18H32N6O.HI/c1-3-19-18(20-7-4-5-16-13-21-22-15(16)2)24-8-6-17(14-24)23-9-11-25-12-10-23;/h13,17H,3-12,14H2,1-2H3,(H,19,20)(H,21,22);1H. The normalized spacial score (nSPS) is 21.7. The number of halogens is 1. The summed E-state index contributed by atoms with van der Waals surface area (Å²) in [5.74, 6) is 1.07. The lowest BCUT2D eigenvalue weighted by molar-refractivity contribution is 0.0195. The van der Waals surface area contributed by atoms with Crippen LogP contribution in [0.1, 0.15) is 31.0 Å². The number of morpholine rings is 1. The van der Waals surface area contributed by atoms with Gasteiger partial charge in [-0.2, -0.15) is 5.10 Å². The second-order valence-electron chi connectivity index (χ2n) is 6.90. The number of likely N-dealkylation sites (tertiary alicyclic amines) is 1. The third-order valence-electron chi connectivity index (χ3n) is 5.16. The van der Waals surface area contributed by atoms with Crippen molar-refractivity contribution >= 4 is 29.9 Å². The van der Waals surface area contributed by atoms with Gasteiger partial charge in [0, 0.05) is 51.0 Å². The van der Waals surface area contributed by atoms with Crippen molar-refractivity contribution in [3.63, 3.8) is 0 Å². The molecule has 2 fully saturated rings. The number of aromatic nitrogens is 2. The third-order valence-corrected chi connectivity index (χ3v) is 5.16. The van der Waals surface area contributed by atoms with Crippen molar-refractivity contribution in [1.82, 2.24) is 25.3 Å². The minimum atomic E-state index is 0. The molecular formula is C18H33IN6O. The molecule has 1 atom stereocenters. The Kier molecular flexibility index (Phi) is 9.13. The van der Waals surface area contributed by atoms with E-state index < -0.39 is 0 Å². The van der Waals surface area contributed by atoms with E-state index >= 15 is 0 Å². The molecule has 0 amide bonds. The van der Waals surface area contributed by atoms with Crippen LogP contribution in [0.15, 0.2) is 11.2 Å². The molecule has 8 heteroatoms. The Morgan fingerprint density at radius 1 is 1.38 bits per heavy atom. The van der Waals surface area contributed by atoms with E-state index in [1.54, 1.807) is 0 Å². The molecule has 2 aliphatic rings. The van der Waals surface area contributed by atoms with E-state index in [1.807, 2.05) is 6.20 Å². The predicted octanol–water partition coefficient (Wildman–Crippen LogP) is 1.64. The molecule has 1 aromatic rings. The first kappa shape index (κ1) is 21.4. The second-order valence-corrected chi connectivity index (χ2v) is 6.90. The second kappa shape index (κ2) is 11.1. The summed E-state index contributed by atoms with van der Waals surface area (Å²) in [7, 11) is 0. The SMILES string of the molecule is CCNC(=NCCCc1cn[nH]c1C)N1CCC(N2CCOCC2)C1.I. The molecule has 0 aliphatic carbocycles. The van der Waals surface area contributed by atoms with Crippen LogP contribution in [0.2, 0.25) is 0 Å². The topological polar surface area (TPSA) is 68.8 Å². The summed E-state index contributed by atoms with van der Waals surface area (Å²) < 4.78 is 5.48. The van der Waals surface area contributed by atoms with E-state index in [1.165, 1.54) is 17.7 Å². The molecule has 2 saturated heterocycles. The van der Waals surface area contributed by atoms with Crippen molar-refractivity contribution < 1.29 is 4.74 Å². The number of aromatic amines is 1. The molecule has 26 heavy (non-hydrogen) atoms. The number of aryl methyl sites for hydroxylation is 2. The van der Waals surface area contributed by atoms with Gasteiger partial charge in [0.25, 0.3) is 0 Å². The molecule has 148 valence electrons. The van der Waals surface area contributed by atoms with Gasteiger partial charge in [0.2, 0.25) is 0 Å². The van der Waals surface area contributed by atoms with Crippen molar-refractivity contribution in [1.29, 1.82) is 0 Å². The quantitative estimate of drug-likeness (QED) is 0.283. The summed E-state index contributed by atoms with van der Waals surface area (Å²) in [5.41, 5.74) is 2.47. The van der Waals surface area contributed by atoms with E-state index in [0.717, 1.165) is 71.3 Å². The first-order valence-electron chi connectivity index (χ1n) is 9.62. The maximum atomic E-state index is 5.48. The zero-order valence-corrected chi connectivity index (χ0v) is 18.4. The number of guanidine groups is 1. The van der Waals surface area contributed by atoms with Crippen molar-refractivity contribution in [3.05, 3.63) is 17.5 Å². The molecule has 1 unspecified atom stereocenters. The molecule has 2 N–H and O–H groups in total. The van der Waals surface area contributed by atoms with Crippen LogP contribution in [-0.2, 0) is 11.2 Å². The highest BCUT2D eigenvalue weighted by Gasteiger charge is 2.30. The van der Waals surface area contributed by atoms with Gasteiger partial charge in [-0.05, 0) is 38.7 Å². The summed E-state index contributed by atoms with van der Waals surface area (Å²) in [6, 6.07) is 0.640. The summed E-state index contributed by atoms with van der Waals surface area (Å²) in [6.45, 7) is 12.0. The van der Waals surface area contributed by atoms with Crippen LogP contribution in [0.3, 0.4) is 0 Å². The van der Waals surface area contributed by atoms with Gasteiger partial charge in [0.15, 0.2) is 5.96 Å². The van der Waals surface area contributed by atoms with Gasteiger partial charge in [0.1, 0.15) is 0 Å². The van der Waals surface area contributed by atoms with Gasteiger partial charge in [-0.1, -0.05) is 0 Å². The lowest BCUT2D eigenvalue weighted by Crippen LogP contribution is -2.46. The van der Waals surface area contributed by atoms with Gasteiger partial charge in [-0.3, -0.25) is 15.0 Å². The number of ether oxygens (including phenoxy) is 1.